The highest BCUT2D eigenvalue weighted by molar-refractivity contribution is 8.22. The molecule has 0 radical (unpaired) electrons. The van der Waals surface area contributed by atoms with Gasteiger partial charge in [-0.3, -0.25) is 4.79 Å². The van der Waals surface area contributed by atoms with Gasteiger partial charge in [-0.15, -0.1) is 0 Å². The second-order valence-electron chi connectivity index (χ2n) is 3.52. The summed E-state index contributed by atoms with van der Waals surface area (Å²) in [6.45, 7) is 0. The summed E-state index contributed by atoms with van der Waals surface area (Å²) in [4.78, 5) is 19.5. The van der Waals surface area contributed by atoms with E-state index in [4.69, 9.17) is 0 Å². The lowest BCUT2D eigenvalue weighted by atomic mass is 10.2. The van der Waals surface area contributed by atoms with Crippen molar-refractivity contribution in [2.45, 2.75) is 4.90 Å². The van der Waals surface area contributed by atoms with Gasteiger partial charge in [-0.25, -0.2) is 4.98 Å². The average Bonchev–Trinajstić information content (AvgIpc) is 2.83. The van der Waals surface area contributed by atoms with Crippen LogP contribution in [0.15, 0.2) is 57.2 Å². The first kappa shape index (κ1) is 9.42. The van der Waals surface area contributed by atoms with E-state index in [2.05, 4.69) is 20.8 Å². The van der Waals surface area contributed by atoms with Crippen LogP contribution in [0.5, 0.6) is 0 Å². The molecule has 80 valence electrons. The number of rotatable bonds is 1. The molecular weight excluding hydrogens is 220 g/mol. The predicted octanol–water partition coefficient (Wildman–Crippen LogP) is 2.32. The lowest BCUT2D eigenvalue weighted by Crippen LogP contribution is -2.05. The van der Waals surface area contributed by atoms with Crippen molar-refractivity contribution in [2.24, 2.45) is 0 Å². The highest BCUT2D eigenvalue weighted by Crippen LogP contribution is 2.42. The van der Waals surface area contributed by atoms with Gasteiger partial charge in [0, 0.05) is 0 Å². The van der Waals surface area contributed by atoms with Crippen molar-refractivity contribution < 1.29 is 0 Å². The zero-order valence-electron chi connectivity index (χ0n) is 8.42. The van der Waals surface area contributed by atoms with Gasteiger partial charge in [0.2, 0.25) is 0 Å². The predicted molar refractivity (Wildman–Crippen MR) is 67.9 cm³/mol. The van der Waals surface area contributed by atoms with Gasteiger partial charge < -0.3 is 4.98 Å². The molecule has 0 fully saturated rings. The molecule has 2 heterocycles. The van der Waals surface area contributed by atoms with Crippen LogP contribution in [-0.2, 0) is 0 Å². The van der Waals surface area contributed by atoms with E-state index >= 15 is 0 Å². The van der Waals surface area contributed by atoms with Crippen LogP contribution in [-0.4, -0.2) is 9.97 Å². The zero-order chi connectivity index (χ0) is 11.0. The van der Waals surface area contributed by atoms with E-state index in [-0.39, 0.29) is 16.5 Å². The molecule has 0 bridgehead atoms. The Hall–Kier alpha value is -1.81. The molecule has 1 aliphatic heterocycles. The highest BCUT2D eigenvalue weighted by atomic mass is 32.2. The van der Waals surface area contributed by atoms with Crippen LogP contribution >= 0.6 is 10.9 Å². The second-order valence-corrected chi connectivity index (χ2v) is 5.45. The summed E-state index contributed by atoms with van der Waals surface area (Å²) in [7, 11) is -0.367. The number of H-pyrrole nitrogens is 1. The van der Waals surface area contributed by atoms with E-state index in [1.165, 1.54) is 11.2 Å². The van der Waals surface area contributed by atoms with Crippen LogP contribution in [0.25, 0.3) is 10.9 Å². The minimum absolute atomic E-state index is 0.0750. The van der Waals surface area contributed by atoms with Gasteiger partial charge >= 0.3 is 0 Å². The number of hydrogen-bond acceptors (Lipinski definition) is 2. The number of hydrogen-bond donors (Lipinski definition) is 2. The van der Waals surface area contributed by atoms with Crippen molar-refractivity contribution in [1.29, 1.82) is 0 Å². The summed E-state index contributed by atoms with van der Waals surface area (Å²) >= 11 is 0. The quantitative estimate of drug-likeness (QED) is 0.738. The van der Waals surface area contributed by atoms with E-state index in [1.807, 2.05) is 30.4 Å². The Morgan fingerprint density at radius 3 is 2.81 bits per heavy atom. The SMILES string of the molecule is O=c1[nH]cnc2ccc([SH]3C=CC=C3)cc12. The molecule has 16 heavy (non-hydrogen) atoms. The molecule has 3 rings (SSSR count). The van der Waals surface area contributed by atoms with Crippen molar-refractivity contribution in [3.05, 3.63) is 57.8 Å². The van der Waals surface area contributed by atoms with Crippen LogP contribution in [0.3, 0.4) is 0 Å². The third-order valence-electron chi connectivity index (χ3n) is 2.53. The van der Waals surface area contributed by atoms with Gasteiger partial charge in [0.15, 0.2) is 0 Å². The molecule has 0 aliphatic carbocycles. The smallest absolute Gasteiger partial charge is 0.258 e. The van der Waals surface area contributed by atoms with Gasteiger partial charge in [-0.1, -0.05) is 12.2 Å². The Balaban J connectivity index is 2.22. The van der Waals surface area contributed by atoms with Crippen LogP contribution < -0.4 is 5.56 Å². The Labute approximate surface area is 94.9 Å². The second kappa shape index (κ2) is 3.64. The monoisotopic (exact) mass is 230 g/mol. The van der Waals surface area contributed by atoms with Crippen molar-refractivity contribution in [2.75, 3.05) is 0 Å². The minimum Gasteiger partial charge on any atom is -0.313 e. The molecule has 0 saturated carbocycles. The highest BCUT2D eigenvalue weighted by Gasteiger charge is 2.06. The van der Waals surface area contributed by atoms with E-state index in [0.717, 1.165) is 5.52 Å². The van der Waals surface area contributed by atoms with Gasteiger partial charge in [0.1, 0.15) is 0 Å². The topological polar surface area (TPSA) is 45.8 Å². The summed E-state index contributed by atoms with van der Waals surface area (Å²) in [6, 6.07) is 5.88. The fourth-order valence-electron chi connectivity index (χ4n) is 1.72. The maximum absolute atomic E-state index is 11.6. The minimum atomic E-state index is -0.367. The molecule has 4 heteroatoms. The molecule has 0 spiro atoms. The summed E-state index contributed by atoms with van der Waals surface area (Å²) in [5, 5.41) is 5.00. The first-order valence-corrected chi connectivity index (χ1v) is 6.43. The van der Waals surface area contributed by atoms with Crippen molar-refractivity contribution in [1.82, 2.24) is 9.97 Å². The van der Waals surface area contributed by atoms with E-state index in [1.54, 1.807) is 0 Å². The maximum atomic E-state index is 11.6. The third-order valence-corrected chi connectivity index (χ3v) is 4.39. The average molecular weight is 230 g/mol. The molecule has 0 unspecified atom stereocenters. The van der Waals surface area contributed by atoms with Crippen LogP contribution in [0.2, 0.25) is 0 Å². The number of nitrogens with zero attached hydrogens (tertiary/aromatic N) is 1. The van der Waals surface area contributed by atoms with E-state index < -0.39 is 0 Å². The Bertz CT molecular complexity index is 645. The standard InChI is InChI=1S/C12H10N2OS/c15-12-10-7-9(16-5-1-2-6-16)3-4-11(10)13-8-14-12/h1-8,16H,(H,13,14,15). The molecule has 2 aromatic rings. The molecule has 1 aliphatic rings. The third kappa shape index (κ3) is 1.47. The molecule has 0 saturated heterocycles. The fourth-order valence-corrected chi connectivity index (χ4v) is 3.26. The number of fused-ring (bicyclic) bond motifs is 1. The fraction of sp³-hybridized carbons (Fsp3) is 0. The molecule has 0 atom stereocenters. The number of aromatic amines is 1. The van der Waals surface area contributed by atoms with Crippen molar-refractivity contribution in [3.8, 4) is 0 Å². The van der Waals surface area contributed by atoms with Crippen molar-refractivity contribution >= 4 is 21.8 Å². The summed E-state index contributed by atoms with van der Waals surface area (Å²) in [5.74, 6) is 0. The summed E-state index contributed by atoms with van der Waals surface area (Å²) in [6.07, 6.45) is 5.53. The number of aromatic nitrogens is 2. The Morgan fingerprint density at radius 2 is 2.00 bits per heavy atom. The normalized spacial score (nSPS) is 16.1. The number of nitrogens with one attached hydrogen (secondary N) is 1. The Morgan fingerprint density at radius 1 is 1.19 bits per heavy atom. The summed E-state index contributed by atoms with van der Waals surface area (Å²) in [5.41, 5.74) is 0.670. The van der Waals surface area contributed by atoms with Gasteiger partial charge in [-0.05, 0) is 33.9 Å². The van der Waals surface area contributed by atoms with Gasteiger partial charge in [0.05, 0.1) is 17.2 Å². The number of thiol groups is 1. The van der Waals surface area contributed by atoms with Gasteiger partial charge in [-0.2, -0.15) is 10.9 Å². The van der Waals surface area contributed by atoms with Crippen LogP contribution in [0, 0.1) is 0 Å². The molecule has 1 N–H and O–H groups in total. The number of allylic oxidation sites excluding steroid dienone is 2. The largest absolute Gasteiger partial charge is 0.313 e. The first-order chi connectivity index (χ1) is 7.84. The van der Waals surface area contributed by atoms with Crippen molar-refractivity contribution in [3.63, 3.8) is 0 Å². The molecular formula is C12H10N2OS. The van der Waals surface area contributed by atoms with E-state index in [9.17, 15) is 4.79 Å². The Kier molecular flexibility index (Phi) is 2.15. The van der Waals surface area contributed by atoms with Crippen LogP contribution in [0.1, 0.15) is 0 Å². The molecule has 3 nitrogen and oxygen atoms in total. The molecule has 1 aromatic carbocycles. The molecule has 0 amide bonds. The zero-order valence-corrected chi connectivity index (χ0v) is 9.32. The molecule has 1 aromatic heterocycles. The first-order valence-electron chi connectivity index (χ1n) is 4.95. The van der Waals surface area contributed by atoms with E-state index in [0.29, 0.717) is 5.39 Å². The lowest BCUT2D eigenvalue weighted by molar-refractivity contribution is 1.17. The lowest BCUT2D eigenvalue weighted by Gasteiger charge is -2.10. The summed E-state index contributed by atoms with van der Waals surface area (Å²) < 4.78 is 0. The maximum Gasteiger partial charge on any atom is 0.258 e. The number of benzene rings is 1. The van der Waals surface area contributed by atoms with Crippen LogP contribution in [0.4, 0.5) is 0 Å². The van der Waals surface area contributed by atoms with Gasteiger partial charge in [0.25, 0.3) is 5.56 Å².